The first-order valence-corrected chi connectivity index (χ1v) is 9.74. The number of ether oxygens (including phenoxy) is 3. The summed E-state index contributed by atoms with van der Waals surface area (Å²) in [7, 11) is 1.60. The predicted octanol–water partition coefficient (Wildman–Crippen LogP) is 4.32. The molecule has 0 saturated carbocycles. The van der Waals surface area contributed by atoms with E-state index in [1.54, 1.807) is 18.1 Å². The Hall–Kier alpha value is -2.28. The van der Waals surface area contributed by atoms with Crippen LogP contribution in [0.1, 0.15) is 33.6 Å². The molecule has 3 rings (SSSR count). The van der Waals surface area contributed by atoms with Crippen molar-refractivity contribution in [3.8, 4) is 11.5 Å². The summed E-state index contributed by atoms with van der Waals surface area (Å²) in [6, 6.07) is 5.40. The predicted molar refractivity (Wildman–Crippen MR) is 107 cm³/mol. The van der Waals surface area contributed by atoms with Crippen molar-refractivity contribution in [3.05, 3.63) is 23.4 Å². The molecule has 1 aliphatic rings. The number of aromatic nitrogens is 2. The first-order valence-electron chi connectivity index (χ1n) is 9.37. The fourth-order valence-electron chi connectivity index (χ4n) is 3.11. The summed E-state index contributed by atoms with van der Waals surface area (Å²) in [5, 5.41) is 9.14. The normalized spacial score (nSPS) is 15.5. The number of likely N-dealkylation sites (tertiary alicyclic amines) is 1. The third-order valence-corrected chi connectivity index (χ3v) is 4.77. The number of benzene rings is 1. The number of hydrogen-bond donors (Lipinski definition) is 0. The second-order valence-corrected chi connectivity index (χ2v) is 8.34. The largest absolute Gasteiger partial charge is 0.493 e. The van der Waals surface area contributed by atoms with Gasteiger partial charge in [0, 0.05) is 24.5 Å². The van der Waals surface area contributed by atoms with Crippen molar-refractivity contribution < 1.29 is 19.0 Å². The lowest BCUT2D eigenvalue weighted by atomic mass is 9.98. The van der Waals surface area contributed by atoms with Gasteiger partial charge in [0.05, 0.1) is 19.2 Å². The van der Waals surface area contributed by atoms with Gasteiger partial charge in [0.1, 0.15) is 5.60 Å². The molecule has 8 heteroatoms. The molecule has 152 valence electrons. The SMILES string of the molecule is COc1cc2cc(Cl)nnc2cc1OCC1CCN(C(=O)OC(C)(C)C)CC1. The molecule has 2 heterocycles. The number of hydrogen-bond acceptors (Lipinski definition) is 6. The van der Waals surface area contributed by atoms with Gasteiger partial charge in [-0.15, -0.1) is 10.2 Å². The van der Waals surface area contributed by atoms with Crippen molar-refractivity contribution in [2.24, 2.45) is 5.92 Å². The summed E-state index contributed by atoms with van der Waals surface area (Å²) in [5.74, 6) is 1.61. The number of methoxy groups -OCH3 is 1. The maximum atomic E-state index is 12.2. The average molecular weight is 408 g/mol. The summed E-state index contributed by atoms with van der Waals surface area (Å²) < 4.78 is 16.9. The summed E-state index contributed by atoms with van der Waals surface area (Å²) in [6.45, 7) is 7.51. The fraction of sp³-hybridized carbons (Fsp3) is 0.550. The van der Waals surface area contributed by atoms with Crippen LogP contribution in [0.2, 0.25) is 5.15 Å². The molecule has 1 amide bonds. The van der Waals surface area contributed by atoms with E-state index in [1.807, 2.05) is 32.9 Å². The van der Waals surface area contributed by atoms with Crippen LogP contribution >= 0.6 is 11.6 Å². The zero-order chi connectivity index (χ0) is 20.3. The van der Waals surface area contributed by atoms with E-state index in [4.69, 9.17) is 25.8 Å². The van der Waals surface area contributed by atoms with Gasteiger partial charge in [-0.3, -0.25) is 0 Å². The first kappa shape index (κ1) is 20.5. The van der Waals surface area contributed by atoms with E-state index in [-0.39, 0.29) is 6.09 Å². The van der Waals surface area contributed by atoms with Crippen LogP contribution in [-0.4, -0.2) is 53.6 Å². The standard InChI is InChI=1S/C20H26ClN3O4/c1-20(2,3)28-19(25)24-7-5-13(6-8-24)12-27-17-11-15-14(9-16(17)26-4)10-18(21)23-22-15/h9-11,13H,5-8,12H2,1-4H3. The van der Waals surface area contributed by atoms with Crippen LogP contribution in [0, 0.1) is 5.92 Å². The summed E-state index contributed by atoms with van der Waals surface area (Å²) in [5.41, 5.74) is 0.219. The highest BCUT2D eigenvalue weighted by Gasteiger charge is 2.27. The molecule has 1 aromatic carbocycles. The van der Waals surface area contributed by atoms with Gasteiger partial charge in [-0.25, -0.2) is 4.79 Å². The molecule has 0 aliphatic carbocycles. The lowest BCUT2D eigenvalue weighted by Crippen LogP contribution is -2.42. The average Bonchev–Trinajstić information content (AvgIpc) is 2.64. The van der Waals surface area contributed by atoms with Gasteiger partial charge in [0.15, 0.2) is 16.7 Å². The van der Waals surface area contributed by atoms with E-state index in [1.165, 1.54) is 0 Å². The van der Waals surface area contributed by atoms with Crippen molar-refractivity contribution in [1.82, 2.24) is 15.1 Å². The molecule has 0 unspecified atom stereocenters. The van der Waals surface area contributed by atoms with Gasteiger partial charge < -0.3 is 19.1 Å². The van der Waals surface area contributed by atoms with E-state index >= 15 is 0 Å². The van der Waals surface area contributed by atoms with Crippen LogP contribution in [0.5, 0.6) is 11.5 Å². The van der Waals surface area contributed by atoms with Crippen molar-refractivity contribution in [1.29, 1.82) is 0 Å². The van der Waals surface area contributed by atoms with Crippen LogP contribution in [-0.2, 0) is 4.74 Å². The minimum atomic E-state index is -0.475. The zero-order valence-corrected chi connectivity index (χ0v) is 17.5. The second-order valence-electron chi connectivity index (χ2n) is 7.95. The first-order chi connectivity index (χ1) is 13.2. The van der Waals surface area contributed by atoms with Crippen LogP contribution < -0.4 is 9.47 Å². The molecule has 1 saturated heterocycles. The Labute approximate surface area is 169 Å². The number of carbonyl (C=O) groups is 1. The molecule has 7 nitrogen and oxygen atoms in total. The molecule has 1 aromatic heterocycles. The Balaban J connectivity index is 1.58. The summed E-state index contributed by atoms with van der Waals surface area (Å²) >= 11 is 5.90. The van der Waals surface area contributed by atoms with Crippen LogP contribution in [0.15, 0.2) is 18.2 Å². The lowest BCUT2D eigenvalue weighted by Gasteiger charge is -2.33. The molecule has 0 spiro atoms. The van der Waals surface area contributed by atoms with Crippen LogP contribution in [0.3, 0.4) is 0 Å². The van der Waals surface area contributed by atoms with Crippen molar-refractivity contribution >= 4 is 28.6 Å². The molecular weight excluding hydrogens is 382 g/mol. The number of nitrogens with zero attached hydrogens (tertiary/aromatic N) is 3. The Morgan fingerprint density at radius 1 is 1.18 bits per heavy atom. The van der Waals surface area contributed by atoms with E-state index in [2.05, 4.69) is 10.2 Å². The molecule has 0 radical (unpaired) electrons. The fourth-order valence-corrected chi connectivity index (χ4v) is 3.27. The van der Waals surface area contributed by atoms with Crippen LogP contribution in [0.25, 0.3) is 10.9 Å². The summed E-state index contributed by atoms with van der Waals surface area (Å²) in [4.78, 5) is 13.9. The van der Waals surface area contributed by atoms with Crippen molar-refractivity contribution in [2.45, 2.75) is 39.2 Å². The number of piperidine rings is 1. The molecule has 0 bridgehead atoms. The highest BCUT2D eigenvalue weighted by atomic mass is 35.5. The van der Waals surface area contributed by atoms with E-state index in [0.29, 0.717) is 47.8 Å². The Bertz CT molecular complexity index is 845. The molecular formula is C20H26ClN3O4. The third-order valence-electron chi connectivity index (χ3n) is 4.58. The topological polar surface area (TPSA) is 73.8 Å². The van der Waals surface area contributed by atoms with Crippen LogP contribution in [0.4, 0.5) is 4.79 Å². The monoisotopic (exact) mass is 407 g/mol. The van der Waals surface area contributed by atoms with Gasteiger partial charge in [0.2, 0.25) is 0 Å². The van der Waals surface area contributed by atoms with E-state index in [9.17, 15) is 4.79 Å². The summed E-state index contributed by atoms with van der Waals surface area (Å²) in [6.07, 6.45) is 1.48. The Morgan fingerprint density at radius 2 is 1.89 bits per heavy atom. The van der Waals surface area contributed by atoms with Crippen molar-refractivity contribution in [3.63, 3.8) is 0 Å². The number of rotatable bonds is 4. The number of fused-ring (bicyclic) bond motifs is 1. The maximum Gasteiger partial charge on any atom is 0.410 e. The van der Waals surface area contributed by atoms with Gasteiger partial charge in [0.25, 0.3) is 0 Å². The molecule has 0 atom stereocenters. The zero-order valence-electron chi connectivity index (χ0n) is 16.7. The second kappa shape index (κ2) is 8.39. The van der Waals surface area contributed by atoms with E-state index < -0.39 is 5.60 Å². The Morgan fingerprint density at radius 3 is 2.54 bits per heavy atom. The van der Waals surface area contributed by atoms with Gasteiger partial charge >= 0.3 is 6.09 Å². The highest BCUT2D eigenvalue weighted by molar-refractivity contribution is 6.29. The highest BCUT2D eigenvalue weighted by Crippen LogP contribution is 2.33. The molecule has 0 N–H and O–H groups in total. The maximum absolute atomic E-state index is 12.2. The Kier molecular flexibility index (Phi) is 6.13. The number of amides is 1. The van der Waals surface area contributed by atoms with Gasteiger partial charge in [-0.1, -0.05) is 11.6 Å². The quantitative estimate of drug-likeness (QED) is 0.751. The minimum Gasteiger partial charge on any atom is -0.493 e. The van der Waals surface area contributed by atoms with Gasteiger partial charge in [-0.05, 0) is 51.7 Å². The molecule has 28 heavy (non-hydrogen) atoms. The smallest absolute Gasteiger partial charge is 0.410 e. The third kappa shape index (κ3) is 5.16. The number of carbonyl (C=O) groups excluding carboxylic acids is 1. The minimum absolute atomic E-state index is 0.250. The number of halogens is 1. The molecule has 1 fully saturated rings. The van der Waals surface area contributed by atoms with Gasteiger partial charge in [-0.2, -0.15) is 0 Å². The van der Waals surface area contributed by atoms with E-state index in [0.717, 1.165) is 18.2 Å². The van der Waals surface area contributed by atoms with Crippen molar-refractivity contribution in [2.75, 3.05) is 26.8 Å². The lowest BCUT2D eigenvalue weighted by molar-refractivity contribution is 0.0164. The molecule has 1 aliphatic heterocycles. The molecule has 2 aromatic rings.